The Kier molecular flexibility index (Phi) is 6.12. The van der Waals surface area contributed by atoms with E-state index in [2.05, 4.69) is 4.72 Å². The Hall–Kier alpha value is -0.0900. The number of nitrogens with zero attached hydrogens (tertiary/aromatic N) is 1. The summed E-state index contributed by atoms with van der Waals surface area (Å²) in [5.41, 5.74) is 0.482. The Bertz CT molecular complexity index is 510. The molecule has 1 aromatic carbocycles. The van der Waals surface area contributed by atoms with E-state index in [-0.39, 0.29) is 13.2 Å². The van der Waals surface area contributed by atoms with Gasteiger partial charge in [0.1, 0.15) is 0 Å². The van der Waals surface area contributed by atoms with Crippen LogP contribution in [-0.4, -0.2) is 38.0 Å². The predicted octanol–water partition coefficient (Wildman–Crippen LogP) is 1.92. The van der Waals surface area contributed by atoms with E-state index >= 15 is 0 Å². The van der Waals surface area contributed by atoms with Gasteiger partial charge >= 0.3 is 10.2 Å². The summed E-state index contributed by atoms with van der Waals surface area (Å²) in [6.45, 7) is 0.217. The molecule has 0 aromatic heterocycles. The highest BCUT2D eigenvalue weighted by atomic mass is 127. The molecule has 0 saturated heterocycles. The van der Waals surface area contributed by atoms with Crippen molar-refractivity contribution in [2.45, 2.75) is 6.42 Å². The lowest BCUT2D eigenvalue weighted by Gasteiger charge is -2.18. The molecule has 0 aliphatic heterocycles. The van der Waals surface area contributed by atoms with Crippen molar-refractivity contribution >= 4 is 50.1 Å². The van der Waals surface area contributed by atoms with Crippen molar-refractivity contribution in [3.63, 3.8) is 0 Å². The number of halogens is 2. The second-order valence-corrected chi connectivity index (χ2v) is 7.01. The van der Waals surface area contributed by atoms with Crippen LogP contribution in [0, 0.1) is 3.57 Å². The second kappa shape index (κ2) is 6.90. The molecule has 0 atom stereocenters. The number of benzene rings is 1. The Labute approximate surface area is 125 Å². The molecule has 0 radical (unpaired) electrons. The van der Waals surface area contributed by atoms with Gasteiger partial charge < -0.3 is 5.11 Å². The lowest BCUT2D eigenvalue weighted by Crippen LogP contribution is -2.33. The van der Waals surface area contributed by atoms with Crippen LogP contribution in [-0.2, 0) is 10.2 Å². The van der Waals surface area contributed by atoms with E-state index in [0.29, 0.717) is 17.1 Å². The molecule has 0 aliphatic carbocycles. The van der Waals surface area contributed by atoms with Crippen LogP contribution in [0.3, 0.4) is 0 Å². The third kappa shape index (κ3) is 4.54. The Morgan fingerprint density at radius 2 is 2.17 bits per heavy atom. The molecule has 1 rings (SSSR count). The molecule has 0 bridgehead atoms. The van der Waals surface area contributed by atoms with Crippen LogP contribution < -0.4 is 4.72 Å². The van der Waals surface area contributed by atoms with Crippen molar-refractivity contribution in [3.8, 4) is 0 Å². The van der Waals surface area contributed by atoms with E-state index in [1.165, 1.54) is 7.05 Å². The van der Waals surface area contributed by atoms with Crippen LogP contribution in [0.5, 0.6) is 0 Å². The summed E-state index contributed by atoms with van der Waals surface area (Å²) >= 11 is 7.81. The zero-order valence-corrected chi connectivity index (χ0v) is 13.5. The molecule has 102 valence electrons. The van der Waals surface area contributed by atoms with Gasteiger partial charge in [-0.2, -0.15) is 12.7 Å². The molecule has 0 saturated carbocycles. The molecule has 0 aliphatic rings. The lowest BCUT2D eigenvalue weighted by molar-refractivity contribution is 0.276. The summed E-state index contributed by atoms with van der Waals surface area (Å²) in [5.74, 6) is 0. The summed E-state index contributed by atoms with van der Waals surface area (Å²) in [6.07, 6.45) is 0.398. The molecule has 0 fully saturated rings. The number of aliphatic hydroxyl groups is 1. The summed E-state index contributed by atoms with van der Waals surface area (Å²) in [7, 11) is -2.14. The van der Waals surface area contributed by atoms with Gasteiger partial charge in [-0.3, -0.25) is 4.72 Å². The first-order chi connectivity index (χ1) is 8.36. The first kappa shape index (κ1) is 16.0. The highest BCUT2D eigenvalue weighted by molar-refractivity contribution is 14.1. The molecule has 1 aromatic rings. The van der Waals surface area contributed by atoms with E-state index in [4.69, 9.17) is 16.7 Å². The topological polar surface area (TPSA) is 69.6 Å². The molecule has 0 heterocycles. The zero-order chi connectivity index (χ0) is 13.8. The minimum Gasteiger partial charge on any atom is -0.396 e. The number of aliphatic hydroxyl groups excluding tert-OH is 1. The fourth-order valence-corrected chi connectivity index (χ4v) is 3.37. The summed E-state index contributed by atoms with van der Waals surface area (Å²) in [5, 5.41) is 9.24. The van der Waals surface area contributed by atoms with Crippen LogP contribution in [0.15, 0.2) is 18.2 Å². The lowest BCUT2D eigenvalue weighted by atomic mass is 10.3. The molecule has 0 amide bonds. The molecule has 8 heteroatoms. The number of hydrogen-bond acceptors (Lipinski definition) is 3. The second-order valence-electron chi connectivity index (χ2n) is 3.63. The average Bonchev–Trinajstić information content (AvgIpc) is 2.29. The molecular formula is C10H14ClIN2O3S. The summed E-state index contributed by atoms with van der Waals surface area (Å²) in [6, 6.07) is 4.91. The van der Waals surface area contributed by atoms with Crippen LogP contribution in [0.25, 0.3) is 0 Å². The molecule has 5 nitrogen and oxygen atoms in total. The van der Waals surface area contributed by atoms with Gasteiger partial charge in [-0.05, 0) is 47.2 Å². The molecule has 18 heavy (non-hydrogen) atoms. The summed E-state index contributed by atoms with van der Waals surface area (Å²) < 4.78 is 28.2. The largest absolute Gasteiger partial charge is 0.396 e. The van der Waals surface area contributed by atoms with Crippen molar-refractivity contribution in [2.75, 3.05) is 24.9 Å². The van der Waals surface area contributed by atoms with Gasteiger partial charge in [-0.25, -0.2) is 0 Å². The number of nitrogens with one attached hydrogen (secondary N) is 1. The maximum Gasteiger partial charge on any atom is 0.301 e. The minimum atomic E-state index is -3.60. The number of hydrogen-bond donors (Lipinski definition) is 2. The van der Waals surface area contributed by atoms with E-state index < -0.39 is 10.2 Å². The monoisotopic (exact) mass is 404 g/mol. The fraction of sp³-hybridized carbons (Fsp3) is 0.400. The Morgan fingerprint density at radius 3 is 2.72 bits per heavy atom. The first-order valence-electron chi connectivity index (χ1n) is 5.17. The molecular weight excluding hydrogens is 391 g/mol. The zero-order valence-electron chi connectivity index (χ0n) is 9.73. The quantitative estimate of drug-likeness (QED) is 0.712. The van der Waals surface area contributed by atoms with Crippen LogP contribution in [0.2, 0.25) is 5.02 Å². The van der Waals surface area contributed by atoms with Crippen LogP contribution in [0.4, 0.5) is 5.69 Å². The Morgan fingerprint density at radius 1 is 1.50 bits per heavy atom. The van der Waals surface area contributed by atoms with Gasteiger partial charge in [-0.15, -0.1) is 0 Å². The van der Waals surface area contributed by atoms with Crippen molar-refractivity contribution < 1.29 is 13.5 Å². The van der Waals surface area contributed by atoms with Gasteiger partial charge in [-0.1, -0.05) is 11.6 Å². The SMILES string of the molecule is CN(CCCO)S(=O)(=O)Nc1ccc(Cl)cc1I. The number of rotatable bonds is 6. The third-order valence-electron chi connectivity index (χ3n) is 2.21. The molecule has 0 unspecified atom stereocenters. The van der Waals surface area contributed by atoms with E-state index in [1.54, 1.807) is 18.2 Å². The molecule has 2 N–H and O–H groups in total. The van der Waals surface area contributed by atoms with Crippen molar-refractivity contribution in [2.24, 2.45) is 0 Å². The predicted molar refractivity (Wildman–Crippen MR) is 81.0 cm³/mol. The Balaban J connectivity index is 2.82. The van der Waals surface area contributed by atoms with Gasteiger partial charge in [0.25, 0.3) is 0 Å². The van der Waals surface area contributed by atoms with Gasteiger partial charge in [0.05, 0.1) is 5.69 Å². The van der Waals surface area contributed by atoms with E-state index in [9.17, 15) is 8.42 Å². The third-order valence-corrected chi connectivity index (χ3v) is 4.82. The average molecular weight is 405 g/mol. The van der Waals surface area contributed by atoms with Crippen molar-refractivity contribution in [1.82, 2.24) is 4.31 Å². The van der Waals surface area contributed by atoms with Crippen LogP contribution >= 0.6 is 34.2 Å². The number of anilines is 1. The normalized spacial score (nSPS) is 11.8. The van der Waals surface area contributed by atoms with Gasteiger partial charge in [0, 0.05) is 28.8 Å². The van der Waals surface area contributed by atoms with E-state index in [0.717, 1.165) is 7.88 Å². The van der Waals surface area contributed by atoms with Crippen LogP contribution in [0.1, 0.15) is 6.42 Å². The maximum absolute atomic E-state index is 11.9. The maximum atomic E-state index is 11.9. The fourth-order valence-electron chi connectivity index (χ4n) is 1.20. The standard InChI is InChI=1S/C10H14ClIN2O3S/c1-14(5-2-6-15)18(16,17)13-10-4-3-8(11)7-9(10)12/h3-4,7,13,15H,2,5-6H2,1H3. The first-order valence-corrected chi connectivity index (χ1v) is 8.06. The summed E-state index contributed by atoms with van der Waals surface area (Å²) in [4.78, 5) is 0. The molecule has 0 spiro atoms. The highest BCUT2D eigenvalue weighted by Crippen LogP contribution is 2.23. The van der Waals surface area contributed by atoms with Gasteiger partial charge in [0.15, 0.2) is 0 Å². The van der Waals surface area contributed by atoms with Gasteiger partial charge in [0.2, 0.25) is 0 Å². The van der Waals surface area contributed by atoms with Crippen molar-refractivity contribution in [3.05, 3.63) is 26.8 Å². The highest BCUT2D eigenvalue weighted by Gasteiger charge is 2.18. The minimum absolute atomic E-state index is 0.0433. The van der Waals surface area contributed by atoms with E-state index in [1.807, 2.05) is 22.6 Å². The van der Waals surface area contributed by atoms with Crippen molar-refractivity contribution in [1.29, 1.82) is 0 Å². The smallest absolute Gasteiger partial charge is 0.301 e.